The lowest BCUT2D eigenvalue weighted by molar-refractivity contribution is 0.0743. The summed E-state index contributed by atoms with van der Waals surface area (Å²) in [6, 6.07) is 15.2. The molecule has 1 amide bonds. The van der Waals surface area contributed by atoms with Crippen molar-refractivity contribution in [1.29, 1.82) is 0 Å². The molecule has 0 fully saturated rings. The van der Waals surface area contributed by atoms with Gasteiger partial charge in [-0.15, -0.1) is 0 Å². The Labute approximate surface area is 152 Å². The number of fused-ring (bicyclic) bond motifs is 1. The first kappa shape index (κ1) is 17.9. The summed E-state index contributed by atoms with van der Waals surface area (Å²) in [6.07, 6.45) is 0. The summed E-state index contributed by atoms with van der Waals surface area (Å²) in [7, 11) is 1.80. The second kappa shape index (κ2) is 7.12. The van der Waals surface area contributed by atoms with Gasteiger partial charge in [-0.3, -0.25) is 9.59 Å². The van der Waals surface area contributed by atoms with Crippen LogP contribution in [0, 0.1) is 6.92 Å². The Morgan fingerprint density at radius 1 is 1.19 bits per heavy atom. The minimum Gasteiger partial charge on any atom is -0.335 e. The van der Waals surface area contributed by atoms with Crippen molar-refractivity contribution in [3.8, 4) is 0 Å². The number of hydrogen-bond acceptors (Lipinski definition) is 3. The van der Waals surface area contributed by atoms with Crippen LogP contribution in [0.1, 0.15) is 41.5 Å². The minimum atomic E-state index is -0.0890. The van der Waals surface area contributed by atoms with E-state index in [1.165, 1.54) is 0 Å². The second-order valence-corrected chi connectivity index (χ2v) is 6.45. The van der Waals surface area contributed by atoms with Crippen molar-refractivity contribution in [2.24, 2.45) is 0 Å². The largest absolute Gasteiger partial charge is 0.335 e. The van der Waals surface area contributed by atoms with Crippen LogP contribution in [0.2, 0.25) is 0 Å². The zero-order valence-electron chi connectivity index (χ0n) is 15.6. The first-order valence-electron chi connectivity index (χ1n) is 8.77. The number of aromatic nitrogens is 2. The average molecular weight is 349 g/mol. The van der Waals surface area contributed by atoms with Gasteiger partial charge >= 0.3 is 0 Å². The monoisotopic (exact) mass is 349 g/mol. The van der Waals surface area contributed by atoms with E-state index >= 15 is 0 Å². The molecular formula is C21H23N3O2. The average Bonchev–Trinajstić information content (AvgIpc) is 2.67. The summed E-state index contributed by atoms with van der Waals surface area (Å²) in [5.41, 5.74) is 3.41. The molecule has 0 unspecified atom stereocenters. The maximum absolute atomic E-state index is 12.9. The van der Waals surface area contributed by atoms with E-state index < -0.39 is 0 Å². The van der Waals surface area contributed by atoms with Gasteiger partial charge < -0.3 is 9.47 Å². The molecular weight excluding hydrogens is 326 g/mol. The second-order valence-electron chi connectivity index (χ2n) is 6.45. The van der Waals surface area contributed by atoms with Crippen molar-refractivity contribution in [2.45, 2.75) is 33.4 Å². The van der Waals surface area contributed by atoms with Crippen LogP contribution in [0.3, 0.4) is 0 Å². The highest BCUT2D eigenvalue weighted by atomic mass is 16.2. The molecule has 1 heterocycles. The fourth-order valence-corrected chi connectivity index (χ4v) is 3.16. The topological polar surface area (TPSA) is 55.2 Å². The predicted octanol–water partition coefficient (Wildman–Crippen LogP) is 3.56. The summed E-state index contributed by atoms with van der Waals surface area (Å²) in [4.78, 5) is 31.3. The van der Waals surface area contributed by atoms with E-state index in [1.54, 1.807) is 41.6 Å². The van der Waals surface area contributed by atoms with E-state index in [2.05, 4.69) is 4.98 Å². The first-order valence-corrected chi connectivity index (χ1v) is 8.77. The fourth-order valence-electron chi connectivity index (χ4n) is 3.16. The van der Waals surface area contributed by atoms with Crippen molar-refractivity contribution in [1.82, 2.24) is 14.5 Å². The maximum atomic E-state index is 12.9. The van der Waals surface area contributed by atoms with E-state index in [0.29, 0.717) is 23.3 Å². The predicted molar refractivity (Wildman–Crippen MR) is 103 cm³/mol. The molecule has 26 heavy (non-hydrogen) atoms. The van der Waals surface area contributed by atoms with Crippen molar-refractivity contribution >= 4 is 16.9 Å². The van der Waals surface area contributed by atoms with Crippen molar-refractivity contribution in [3.63, 3.8) is 0 Å². The standard InChI is InChI=1S/C21H23N3O2/c1-5-24-19-12-11-17(13-18(19)22-14(2)20(24)25)21(26)23(4)15(3)16-9-7-6-8-10-16/h6-13,15H,5H2,1-4H3/t15-/m0/s1. The lowest BCUT2D eigenvalue weighted by Crippen LogP contribution is -2.30. The summed E-state index contributed by atoms with van der Waals surface area (Å²) in [6.45, 7) is 6.20. The molecule has 0 radical (unpaired) electrons. The molecule has 0 spiro atoms. The number of amides is 1. The van der Waals surface area contributed by atoms with E-state index in [-0.39, 0.29) is 17.5 Å². The Balaban J connectivity index is 1.98. The van der Waals surface area contributed by atoms with Crippen LogP contribution in [0.5, 0.6) is 0 Å². The lowest BCUT2D eigenvalue weighted by Gasteiger charge is -2.25. The van der Waals surface area contributed by atoms with E-state index in [4.69, 9.17) is 0 Å². The summed E-state index contributed by atoms with van der Waals surface area (Å²) >= 11 is 0. The number of nitrogens with zero attached hydrogens (tertiary/aromatic N) is 3. The van der Waals surface area contributed by atoms with Crippen LogP contribution in [-0.4, -0.2) is 27.4 Å². The Hall–Kier alpha value is -2.95. The number of benzene rings is 2. The molecule has 2 aromatic carbocycles. The van der Waals surface area contributed by atoms with E-state index in [0.717, 1.165) is 11.1 Å². The number of carbonyl (C=O) groups excluding carboxylic acids is 1. The van der Waals surface area contributed by atoms with Gasteiger partial charge in [-0.2, -0.15) is 0 Å². The van der Waals surface area contributed by atoms with E-state index in [1.807, 2.05) is 44.2 Å². The Morgan fingerprint density at radius 2 is 1.88 bits per heavy atom. The van der Waals surface area contributed by atoms with Gasteiger partial charge in [-0.05, 0) is 44.5 Å². The normalized spacial score (nSPS) is 12.2. The van der Waals surface area contributed by atoms with Crippen molar-refractivity contribution < 1.29 is 4.79 Å². The van der Waals surface area contributed by atoms with Gasteiger partial charge in [0.2, 0.25) is 0 Å². The third-order valence-electron chi connectivity index (χ3n) is 4.86. The highest BCUT2D eigenvalue weighted by Crippen LogP contribution is 2.22. The summed E-state index contributed by atoms with van der Waals surface area (Å²) in [5.74, 6) is -0.0723. The highest BCUT2D eigenvalue weighted by molar-refractivity contribution is 5.97. The molecule has 0 saturated heterocycles. The van der Waals surface area contributed by atoms with Gasteiger partial charge in [0.1, 0.15) is 5.69 Å². The summed E-state index contributed by atoms with van der Waals surface area (Å²) in [5, 5.41) is 0. The minimum absolute atomic E-state index is 0.0429. The molecule has 0 N–H and O–H groups in total. The fraction of sp³-hybridized carbons (Fsp3) is 0.286. The van der Waals surface area contributed by atoms with E-state index in [9.17, 15) is 9.59 Å². The smallest absolute Gasteiger partial charge is 0.272 e. The Bertz CT molecular complexity index is 1010. The molecule has 5 nitrogen and oxygen atoms in total. The van der Waals surface area contributed by atoms with Gasteiger partial charge in [-0.25, -0.2) is 4.98 Å². The lowest BCUT2D eigenvalue weighted by atomic mass is 10.1. The molecule has 1 aromatic heterocycles. The van der Waals surface area contributed by atoms with Gasteiger partial charge in [0.15, 0.2) is 0 Å². The SMILES string of the molecule is CCn1c(=O)c(C)nc2cc(C(=O)N(C)[C@@H](C)c3ccccc3)ccc21. The molecule has 3 rings (SSSR count). The van der Waals surface area contributed by atoms with Crippen molar-refractivity contribution in [3.05, 3.63) is 75.7 Å². The Morgan fingerprint density at radius 3 is 2.54 bits per heavy atom. The molecule has 0 bridgehead atoms. The molecule has 5 heteroatoms. The molecule has 3 aromatic rings. The number of rotatable bonds is 4. The third kappa shape index (κ3) is 3.12. The van der Waals surface area contributed by atoms with Gasteiger partial charge in [-0.1, -0.05) is 30.3 Å². The third-order valence-corrected chi connectivity index (χ3v) is 4.86. The molecule has 0 saturated carbocycles. The highest BCUT2D eigenvalue weighted by Gasteiger charge is 2.19. The zero-order chi connectivity index (χ0) is 18.8. The molecule has 1 atom stereocenters. The van der Waals surface area contributed by atoms with Crippen LogP contribution in [0.15, 0.2) is 53.3 Å². The number of carbonyl (C=O) groups is 1. The maximum Gasteiger partial charge on any atom is 0.272 e. The quantitative estimate of drug-likeness (QED) is 0.724. The van der Waals surface area contributed by atoms with Gasteiger partial charge in [0.25, 0.3) is 11.5 Å². The van der Waals surface area contributed by atoms with Crippen LogP contribution >= 0.6 is 0 Å². The van der Waals surface area contributed by atoms with Crippen LogP contribution in [-0.2, 0) is 6.54 Å². The first-order chi connectivity index (χ1) is 12.4. The number of aryl methyl sites for hydroxylation is 2. The van der Waals surface area contributed by atoms with Crippen molar-refractivity contribution in [2.75, 3.05) is 7.05 Å². The van der Waals surface area contributed by atoms with Gasteiger partial charge in [0, 0.05) is 19.2 Å². The molecule has 134 valence electrons. The van der Waals surface area contributed by atoms with Crippen LogP contribution in [0.4, 0.5) is 0 Å². The molecule has 0 aliphatic rings. The molecule has 0 aliphatic heterocycles. The molecule has 0 aliphatic carbocycles. The summed E-state index contributed by atoms with van der Waals surface area (Å²) < 4.78 is 1.68. The van der Waals surface area contributed by atoms with Crippen LogP contribution < -0.4 is 5.56 Å². The van der Waals surface area contributed by atoms with Gasteiger partial charge in [0.05, 0.1) is 17.1 Å². The Kier molecular flexibility index (Phi) is 4.89. The van der Waals surface area contributed by atoms with Crippen LogP contribution in [0.25, 0.3) is 11.0 Å². The zero-order valence-corrected chi connectivity index (χ0v) is 15.6. The number of hydrogen-bond donors (Lipinski definition) is 0.